The highest BCUT2D eigenvalue weighted by molar-refractivity contribution is 9.10. The Morgan fingerprint density at radius 3 is 2.83 bits per heavy atom. The molecule has 1 amide bonds. The number of hydrogen-bond donors (Lipinski definition) is 1. The predicted molar refractivity (Wildman–Crippen MR) is 77.8 cm³/mol. The van der Waals surface area contributed by atoms with E-state index in [1.54, 1.807) is 0 Å². The van der Waals surface area contributed by atoms with Crippen LogP contribution in [0, 0.1) is 12.8 Å². The van der Waals surface area contributed by atoms with Gasteiger partial charge in [0.1, 0.15) is 0 Å². The highest BCUT2D eigenvalue weighted by Gasteiger charge is 2.25. The third-order valence-electron chi connectivity index (χ3n) is 3.66. The summed E-state index contributed by atoms with van der Waals surface area (Å²) in [4.78, 5) is 12.3. The second-order valence-corrected chi connectivity index (χ2v) is 6.02. The molecule has 1 N–H and O–H groups in total. The van der Waals surface area contributed by atoms with E-state index in [4.69, 9.17) is 0 Å². The van der Waals surface area contributed by atoms with Crippen LogP contribution >= 0.6 is 15.9 Å². The third kappa shape index (κ3) is 3.35. The van der Waals surface area contributed by atoms with Crippen LogP contribution in [0.1, 0.15) is 48.5 Å². The zero-order valence-electron chi connectivity index (χ0n) is 11.0. The van der Waals surface area contributed by atoms with E-state index < -0.39 is 0 Å². The van der Waals surface area contributed by atoms with Crippen LogP contribution in [0.15, 0.2) is 22.7 Å². The maximum atomic E-state index is 12.3. The van der Waals surface area contributed by atoms with Crippen LogP contribution < -0.4 is 5.32 Å². The molecule has 0 aliphatic heterocycles. The van der Waals surface area contributed by atoms with Gasteiger partial charge in [0.25, 0.3) is 5.91 Å². The van der Waals surface area contributed by atoms with E-state index in [-0.39, 0.29) is 5.91 Å². The fourth-order valence-electron chi connectivity index (χ4n) is 2.20. The average Bonchev–Trinajstić information content (AvgIpc) is 3.15. The maximum absolute atomic E-state index is 12.3. The first-order chi connectivity index (χ1) is 8.61. The Hall–Kier alpha value is -0.830. The molecule has 1 aromatic rings. The summed E-state index contributed by atoms with van der Waals surface area (Å²) in [6.07, 6.45) is 4.81. The molecule has 3 heteroatoms. The summed E-state index contributed by atoms with van der Waals surface area (Å²) in [6, 6.07) is 6.09. The van der Waals surface area contributed by atoms with Gasteiger partial charge in [-0.15, -0.1) is 0 Å². The predicted octanol–water partition coefficient (Wildman–Crippen LogP) is 4.07. The number of nitrogens with one attached hydrogen (secondary N) is 1. The number of benzene rings is 1. The van der Waals surface area contributed by atoms with Crippen molar-refractivity contribution in [1.29, 1.82) is 0 Å². The van der Waals surface area contributed by atoms with Crippen molar-refractivity contribution in [3.8, 4) is 0 Å². The molecule has 0 bridgehead atoms. The van der Waals surface area contributed by atoms with Crippen molar-refractivity contribution < 1.29 is 4.79 Å². The van der Waals surface area contributed by atoms with E-state index in [2.05, 4.69) is 28.2 Å². The van der Waals surface area contributed by atoms with Gasteiger partial charge in [-0.3, -0.25) is 4.79 Å². The number of hydrogen-bond acceptors (Lipinski definition) is 1. The van der Waals surface area contributed by atoms with Crippen LogP contribution in [0.5, 0.6) is 0 Å². The molecule has 2 nitrogen and oxygen atoms in total. The molecule has 1 unspecified atom stereocenters. The van der Waals surface area contributed by atoms with Gasteiger partial charge in [0.15, 0.2) is 0 Å². The lowest BCUT2D eigenvalue weighted by atomic mass is 10.0. The minimum atomic E-state index is 0.0568. The summed E-state index contributed by atoms with van der Waals surface area (Å²) in [5, 5.41) is 3.16. The molecule has 18 heavy (non-hydrogen) atoms. The normalized spacial score (nSPS) is 16.4. The van der Waals surface area contributed by atoms with Crippen LogP contribution in [-0.4, -0.2) is 11.9 Å². The van der Waals surface area contributed by atoms with E-state index in [1.165, 1.54) is 12.8 Å². The molecule has 1 fully saturated rings. The summed E-state index contributed by atoms with van der Waals surface area (Å²) in [5.41, 5.74) is 1.79. The molecule has 0 aromatic heterocycles. The molecule has 98 valence electrons. The van der Waals surface area contributed by atoms with E-state index >= 15 is 0 Å². The summed E-state index contributed by atoms with van der Waals surface area (Å²) in [7, 11) is 0. The van der Waals surface area contributed by atoms with Gasteiger partial charge >= 0.3 is 0 Å². The third-order valence-corrected chi connectivity index (χ3v) is 4.51. The SMILES string of the molecule is CCC(CC1CC1)NC(=O)c1cccc(Br)c1C. The van der Waals surface area contributed by atoms with Crippen LogP contribution in [0.25, 0.3) is 0 Å². The molecular weight excluding hydrogens is 290 g/mol. The van der Waals surface area contributed by atoms with Crippen LogP contribution in [-0.2, 0) is 0 Å². The van der Waals surface area contributed by atoms with Gasteiger partial charge in [0, 0.05) is 16.1 Å². The van der Waals surface area contributed by atoms with Gasteiger partial charge in [0.05, 0.1) is 0 Å². The minimum Gasteiger partial charge on any atom is -0.349 e. The Morgan fingerprint density at radius 1 is 1.50 bits per heavy atom. The van der Waals surface area contributed by atoms with Crippen molar-refractivity contribution in [3.05, 3.63) is 33.8 Å². The van der Waals surface area contributed by atoms with Gasteiger partial charge in [-0.05, 0) is 43.4 Å². The smallest absolute Gasteiger partial charge is 0.251 e. The molecule has 2 rings (SSSR count). The molecule has 0 radical (unpaired) electrons. The molecule has 1 saturated carbocycles. The van der Waals surface area contributed by atoms with Gasteiger partial charge < -0.3 is 5.32 Å². The Balaban J connectivity index is 2.03. The van der Waals surface area contributed by atoms with Crippen molar-refractivity contribution in [1.82, 2.24) is 5.32 Å². The summed E-state index contributed by atoms with van der Waals surface area (Å²) < 4.78 is 0.991. The largest absolute Gasteiger partial charge is 0.349 e. The standard InChI is InChI=1S/C15H20BrNO/c1-3-12(9-11-7-8-11)17-15(18)13-5-4-6-14(16)10(13)2/h4-6,11-12H,3,7-9H2,1-2H3,(H,17,18). The molecule has 1 aromatic carbocycles. The molecular formula is C15H20BrNO. The Morgan fingerprint density at radius 2 is 2.22 bits per heavy atom. The van der Waals surface area contributed by atoms with E-state index in [0.717, 1.165) is 34.4 Å². The summed E-state index contributed by atoms with van der Waals surface area (Å²) in [6.45, 7) is 4.11. The molecule has 1 atom stereocenters. The molecule has 1 aliphatic carbocycles. The van der Waals surface area contributed by atoms with Crippen molar-refractivity contribution in [2.45, 2.75) is 45.6 Å². The van der Waals surface area contributed by atoms with Gasteiger partial charge in [-0.25, -0.2) is 0 Å². The monoisotopic (exact) mass is 309 g/mol. The topological polar surface area (TPSA) is 29.1 Å². The second kappa shape index (κ2) is 5.87. The summed E-state index contributed by atoms with van der Waals surface area (Å²) >= 11 is 3.47. The zero-order valence-corrected chi connectivity index (χ0v) is 12.6. The highest BCUT2D eigenvalue weighted by atomic mass is 79.9. The zero-order chi connectivity index (χ0) is 13.1. The number of carbonyl (C=O) groups is 1. The van der Waals surface area contributed by atoms with Gasteiger partial charge in [-0.1, -0.05) is 41.8 Å². The molecule has 0 heterocycles. The van der Waals surface area contributed by atoms with Crippen molar-refractivity contribution in [3.63, 3.8) is 0 Å². The first kappa shape index (κ1) is 13.6. The van der Waals surface area contributed by atoms with E-state index in [1.807, 2.05) is 25.1 Å². The number of amides is 1. The number of rotatable bonds is 5. The Bertz CT molecular complexity index is 440. The highest BCUT2D eigenvalue weighted by Crippen LogP contribution is 2.34. The van der Waals surface area contributed by atoms with E-state index in [9.17, 15) is 4.79 Å². The van der Waals surface area contributed by atoms with Gasteiger partial charge in [0.2, 0.25) is 0 Å². The molecule has 1 aliphatic rings. The van der Waals surface area contributed by atoms with Crippen LogP contribution in [0.3, 0.4) is 0 Å². The van der Waals surface area contributed by atoms with Crippen LogP contribution in [0.4, 0.5) is 0 Å². The lowest BCUT2D eigenvalue weighted by Gasteiger charge is -2.17. The Labute approximate surface area is 117 Å². The maximum Gasteiger partial charge on any atom is 0.251 e. The number of carbonyl (C=O) groups excluding carboxylic acids is 1. The second-order valence-electron chi connectivity index (χ2n) is 5.17. The molecule has 0 saturated heterocycles. The fourth-order valence-corrected chi connectivity index (χ4v) is 2.57. The fraction of sp³-hybridized carbons (Fsp3) is 0.533. The first-order valence-corrected chi connectivity index (χ1v) is 7.47. The van der Waals surface area contributed by atoms with Crippen molar-refractivity contribution >= 4 is 21.8 Å². The van der Waals surface area contributed by atoms with E-state index in [0.29, 0.717) is 6.04 Å². The Kier molecular flexibility index (Phi) is 4.44. The average molecular weight is 310 g/mol. The molecule has 0 spiro atoms. The lowest BCUT2D eigenvalue weighted by molar-refractivity contribution is 0.0932. The van der Waals surface area contributed by atoms with Gasteiger partial charge in [-0.2, -0.15) is 0 Å². The van der Waals surface area contributed by atoms with Crippen LogP contribution in [0.2, 0.25) is 0 Å². The number of halogens is 1. The van der Waals surface area contributed by atoms with Crippen molar-refractivity contribution in [2.75, 3.05) is 0 Å². The lowest BCUT2D eigenvalue weighted by Crippen LogP contribution is -2.35. The van der Waals surface area contributed by atoms with Crippen molar-refractivity contribution in [2.24, 2.45) is 5.92 Å². The summed E-state index contributed by atoms with van der Waals surface area (Å²) in [5.74, 6) is 0.903. The first-order valence-electron chi connectivity index (χ1n) is 6.67. The minimum absolute atomic E-state index is 0.0568. The quantitative estimate of drug-likeness (QED) is 0.873.